The van der Waals surface area contributed by atoms with Crippen LogP contribution in [-0.4, -0.2) is 31.3 Å². The van der Waals surface area contributed by atoms with Gasteiger partial charge >= 0.3 is 5.97 Å². The molecule has 0 bridgehead atoms. The van der Waals surface area contributed by atoms with Crippen LogP contribution in [0.2, 0.25) is 0 Å². The molecule has 5 aliphatic rings. The Morgan fingerprint density at radius 1 is 0.822 bits per heavy atom. The molecule has 0 aromatic heterocycles. The molecule has 0 aliphatic heterocycles. The molecule has 0 radical (unpaired) electrons. The molecule has 1 amide bonds. The second kappa shape index (κ2) is 12.8. The Labute approximate surface area is 274 Å². The quantitative estimate of drug-likeness (QED) is 0.141. The van der Waals surface area contributed by atoms with Gasteiger partial charge in [-0.05, 0) is 123 Å². The van der Waals surface area contributed by atoms with Crippen LogP contribution in [0.25, 0.3) is 0 Å². The number of carbonyl (C=O) groups is 3. The minimum Gasteiger partial charge on any atom is -0.469 e. The third kappa shape index (κ3) is 5.56. The Hall–Kier alpha value is -1.65. The average molecular weight is 624 g/mol. The van der Waals surface area contributed by atoms with Crippen LogP contribution in [0.5, 0.6) is 0 Å². The van der Waals surface area contributed by atoms with Crippen LogP contribution < -0.4 is 5.32 Å². The lowest BCUT2D eigenvalue weighted by Gasteiger charge is -2.72. The van der Waals surface area contributed by atoms with Gasteiger partial charge < -0.3 is 10.1 Å². The van der Waals surface area contributed by atoms with E-state index < -0.39 is 0 Å². The molecule has 5 rings (SSSR count). The van der Waals surface area contributed by atoms with Crippen molar-refractivity contribution in [2.75, 3.05) is 13.7 Å². The number of methoxy groups -OCH3 is 1. The van der Waals surface area contributed by atoms with E-state index in [0.717, 1.165) is 90.0 Å². The number of hydrogen-bond donors (Lipinski definition) is 1. The van der Waals surface area contributed by atoms with Gasteiger partial charge in [0.1, 0.15) is 5.78 Å². The molecule has 5 nitrogen and oxygen atoms in total. The number of rotatable bonds is 11. The molecule has 0 saturated heterocycles. The van der Waals surface area contributed by atoms with Gasteiger partial charge in [-0.25, -0.2) is 0 Å². The molecule has 0 aromatic carbocycles. The average Bonchev–Trinajstić information content (AvgIpc) is 3.40. The predicted octanol–water partition coefficient (Wildman–Crippen LogP) is 9.23. The van der Waals surface area contributed by atoms with Gasteiger partial charge in [-0.15, -0.1) is 0 Å². The molecule has 0 unspecified atom stereocenters. The molecule has 1 N–H and O–H groups in total. The lowest BCUT2D eigenvalue weighted by Crippen LogP contribution is -2.67. The second-order valence-corrected chi connectivity index (χ2v) is 17.7. The number of amides is 1. The fraction of sp³-hybridized carbons (Fsp3) is 0.875. The summed E-state index contributed by atoms with van der Waals surface area (Å²) in [4.78, 5) is 38.7. The van der Waals surface area contributed by atoms with E-state index in [0.29, 0.717) is 47.7 Å². The van der Waals surface area contributed by atoms with Crippen LogP contribution in [0.1, 0.15) is 151 Å². The number of nitrogens with one attached hydrogen (secondary N) is 1. The van der Waals surface area contributed by atoms with Crippen LogP contribution in [0.4, 0.5) is 0 Å². The Bertz CT molecular complexity index is 1160. The van der Waals surface area contributed by atoms with Gasteiger partial charge in [0.2, 0.25) is 5.91 Å². The van der Waals surface area contributed by atoms with E-state index in [9.17, 15) is 14.4 Å². The first kappa shape index (κ1) is 34.7. The monoisotopic (exact) mass is 623 g/mol. The maximum absolute atomic E-state index is 14.3. The Morgan fingerprint density at radius 3 is 2.20 bits per heavy atom. The lowest BCUT2D eigenvalue weighted by molar-refractivity contribution is -0.233. The molecule has 0 heterocycles. The molecule has 9 atom stereocenters. The zero-order chi connectivity index (χ0) is 32.8. The molecular formula is C40H65NO4. The molecule has 5 saturated carbocycles. The van der Waals surface area contributed by atoms with Gasteiger partial charge in [0, 0.05) is 24.8 Å². The number of esters is 1. The molecule has 0 aromatic rings. The highest BCUT2D eigenvalue weighted by atomic mass is 16.5. The molecule has 5 fully saturated rings. The summed E-state index contributed by atoms with van der Waals surface area (Å²) in [5, 5.41) is 3.47. The lowest BCUT2D eigenvalue weighted by atomic mass is 9.32. The van der Waals surface area contributed by atoms with Crippen molar-refractivity contribution in [3.63, 3.8) is 0 Å². The zero-order valence-electron chi connectivity index (χ0n) is 30.0. The SMILES string of the molecule is C=C(C)[C@@H]1CC[C@]2(C(=O)NCCCCCCCCC(=O)OC)CC[C@]3(C)[C@H](CC[C@@H]4[C@@]5(C)CCC(=O)C(C)(C)[C@@H]5CC[C@]43C)[C@@H]12. The zero-order valence-corrected chi connectivity index (χ0v) is 30.0. The van der Waals surface area contributed by atoms with E-state index in [4.69, 9.17) is 4.74 Å². The number of ketones is 1. The molecule has 5 aliphatic carbocycles. The summed E-state index contributed by atoms with van der Waals surface area (Å²) in [7, 11) is 1.45. The minimum atomic E-state index is -0.259. The number of unbranched alkanes of at least 4 members (excludes halogenated alkanes) is 5. The molecule has 45 heavy (non-hydrogen) atoms. The number of carbonyl (C=O) groups excluding carboxylic acids is 3. The largest absolute Gasteiger partial charge is 0.469 e. The minimum absolute atomic E-state index is 0.117. The first-order chi connectivity index (χ1) is 21.2. The first-order valence-electron chi connectivity index (χ1n) is 18.7. The van der Waals surface area contributed by atoms with Crippen LogP contribution in [0.15, 0.2) is 12.2 Å². The maximum atomic E-state index is 14.3. The van der Waals surface area contributed by atoms with Crippen molar-refractivity contribution in [2.24, 2.45) is 56.7 Å². The van der Waals surface area contributed by atoms with Crippen molar-refractivity contribution in [3.8, 4) is 0 Å². The van der Waals surface area contributed by atoms with E-state index >= 15 is 0 Å². The van der Waals surface area contributed by atoms with Crippen molar-refractivity contribution in [1.82, 2.24) is 5.32 Å². The third-order valence-corrected chi connectivity index (χ3v) is 15.6. The number of hydrogen-bond acceptors (Lipinski definition) is 4. The van der Waals surface area contributed by atoms with Gasteiger partial charge in [0.25, 0.3) is 0 Å². The van der Waals surface area contributed by atoms with Crippen LogP contribution in [0.3, 0.4) is 0 Å². The number of fused-ring (bicyclic) bond motifs is 7. The summed E-state index contributed by atoms with van der Waals surface area (Å²) in [6.45, 7) is 19.8. The number of ether oxygens (including phenoxy) is 1. The number of allylic oxidation sites excluding steroid dienone is 1. The third-order valence-electron chi connectivity index (χ3n) is 15.6. The van der Waals surface area contributed by atoms with Crippen molar-refractivity contribution >= 4 is 17.7 Å². The Kier molecular flexibility index (Phi) is 9.83. The van der Waals surface area contributed by atoms with E-state index in [2.05, 4.69) is 53.4 Å². The van der Waals surface area contributed by atoms with Gasteiger partial charge in [-0.3, -0.25) is 14.4 Å². The fourth-order valence-corrected chi connectivity index (χ4v) is 12.9. The summed E-state index contributed by atoms with van der Waals surface area (Å²) in [6.07, 6.45) is 17.8. The Morgan fingerprint density at radius 2 is 1.51 bits per heavy atom. The number of Topliss-reactive ketones (excluding diaryl/α,β-unsaturated/α-hetero) is 1. The summed E-state index contributed by atoms with van der Waals surface area (Å²) >= 11 is 0. The highest BCUT2D eigenvalue weighted by Gasteiger charge is 2.71. The standard InChI is InChI=1S/C40H65NO4/c1-27(2)28-18-23-40(35(44)41-26-14-12-10-9-11-13-15-33(43)45-8)25-24-38(6)29(34(28)40)16-17-31-37(5)21-20-32(42)36(3,4)30(37)19-22-39(31,38)7/h28-31,34H,1,9-26H2,2-8H3,(H,41,44)/t28-,29+,30-,31+,34+,37-,38+,39+,40-/m0/s1. The smallest absolute Gasteiger partial charge is 0.305 e. The summed E-state index contributed by atoms with van der Waals surface area (Å²) in [5.74, 6) is 3.18. The van der Waals surface area contributed by atoms with E-state index in [-0.39, 0.29) is 33.0 Å². The highest BCUT2D eigenvalue weighted by Crippen LogP contribution is 2.77. The van der Waals surface area contributed by atoms with Crippen molar-refractivity contribution in [1.29, 1.82) is 0 Å². The molecule has 0 spiro atoms. The molecule has 5 heteroatoms. The summed E-state index contributed by atoms with van der Waals surface area (Å²) < 4.78 is 4.73. The van der Waals surface area contributed by atoms with Crippen molar-refractivity contribution in [3.05, 3.63) is 12.2 Å². The van der Waals surface area contributed by atoms with Crippen LogP contribution in [-0.2, 0) is 19.1 Å². The van der Waals surface area contributed by atoms with E-state index in [1.54, 1.807) is 0 Å². The molecular weight excluding hydrogens is 558 g/mol. The fourth-order valence-electron chi connectivity index (χ4n) is 12.9. The van der Waals surface area contributed by atoms with E-state index in [1.165, 1.54) is 31.9 Å². The van der Waals surface area contributed by atoms with E-state index in [1.807, 2.05) is 0 Å². The second-order valence-electron chi connectivity index (χ2n) is 17.7. The van der Waals surface area contributed by atoms with Gasteiger partial charge in [0.15, 0.2) is 0 Å². The maximum Gasteiger partial charge on any atom is 0.305 e. The summed E-state index contributed by atoms with van der Waals surface area (Å²) in [6, 6.07) is 0. The van der Waals surface area contributed by atoms with Gasteiger partial charge in [-0.2, -0.15) is 0 Å². The highest BCUT2D eigenvalue weighted by molar-refractivity contribution is 5.85. The van der Waals surface area contributed by atoms with Gasteiger partial charge in [0.05, 0.1) is 12.5 Å². The van der Waals surface area contributed by atoms with Crippen molar-refractivity contribution in [2.45, 2.75) is 151 Å². The van der Waals surface area contributed by atoms with Crippen LogP contribution in [0, 0.1) is 56.7 Å². The van der Waals surface area contributed by atoms with Gasteiger partial charge in [-0.1, -0.05) is 72.5 Å². The summed E-state index contributed by atoms with van der Waals surface area (Å²) in [5.41, 5.74) is 1.46. The first-order valence-corrected chi connectivity index (χ1v) is 18.7. The normalized spacial score (nSPS) is 41.7. The topological polar surface area (TPSA) is 72.5 Å². The Balaban J connectivity index is 1.28. The predicted molar refractivity (Wildman–Crippen MR) is 181 cm³/mol. The van der Waals surface area contributed by atoms with Crippen molar-refractivity contribution < 1.29 is 19.1 Å². The van der Waals surface area contributed by atoms with Crippen LogP contribution >= 0.6 is 0 Å². The molecule has 254 valence electrons.